The molecule has 0 spiro atoms. The first-order chi connectivity index (χ1) is 9.51. The second kappa shape index (κ2) is 6.02. The maximum absolute atomic E-state index is 13.0. The van der Waals surface area contributed by atoms with Crippen LogP contribution in [0.1, 0.15) is 5.56 Å². The lowest BCUT2D eigenvalue weighted by molar-refractivity contribution is 0.414. The Hall–Kier alpha value is -1.92. The highest BCUT2D eigenvalue weighted by Crippen LogP contribution is 2.13. The molecule has 1 N–H and O–H groups in total. The molecule has 0 saturated carbocycles. The number of rotatable bonds is 5. The molecule has 0 atom stereocenters. The molecule has 0 aliphatic carbocycles. The zero-order valence-corrected chi connectivity index (χ0v) is 11.7. The molecule has 2 aromatic rings. The number of benzene rings is 2. The average molecular weight is 295 g/mol. The fourth-order valence-electron chi connectivity index (χ4n) is 1.64. The van der Waals surface area contributed by atoms with Gasteiger partial charge in [0, 0.05) is 6.54 Å². The van der Waals surface area contributed by atoms with Gasteiger partial charge in [-0.25, -0.2) is 17.5 Å². The van der Waals surface area contributed by atoms with E-state index in [1.807, 2.05) is 0 Å². The van der Waals surface area contributed by atoms with Crippen LogP contribution in [0.25, 0.3) is 0 Å². The highest BCUT2D eigenvalue weighted by molar-refractivity contribution is 7.89. The van der Waals surface area contributed by atoms with Gasteiger partial charge in [-0.15, -0.1) is 0 Å². The standard InChI is InChI=1S/C14H14FNO3S/c1-19-13-7-5-11(6-8-13)10-16-20(17,18)14-4-2-3-12(15)9-14/h2-9,16H,10H2,1H3. The van der Waals surface area contributed by atoms with Crippen molar-refractivity contribution in [2.24, 2.45) is 0 Å². The van der Waals surface area contributed by atoms with Crippen molar-refractivity contribution in [1.29, 1.82) is 0 Å². The Labute approximate surface area is 117 Å². The van der Waals surface area contributed by atoms with Crippen LogP contribution in [0.2, 0.25) is 0 Å². The Morgan fingerprint density at radius 3 is 2.45 bits per heavy atom. The number of halogens is 1. The first kappa shape index (κ1) is 14.5. The van der Waals surface area contributed by atoms with E-state index < -0.39 is 15.8 Å². The van der Waals surface area contributed by atoms with Gasteiger partial charge in [-0.2, -0.15) is 0 Å². The molecule has 106 valence electrons. The van der Waals surface area contributed by atoms with Crippen molar-refractivity contribution in [1.82, 2.24) is 4.72 Å². The summed E-state index contributed by atoms with van der Waals surface area (Å²) in [5.74, 6) is 0.110. The molecule has 0 aliphatic heterocycles. The molecule has 0 aliphatic rings. The minimum absolute atomic E-state index is 0.0917. The quantitative estimate of drug-likeness (QED) is 0.921. The average Bonchev–Trinajstić information content (AvgIpc) is 2.46. The maximum Gasteiger partial charge on any atom is 0.240 e. The second-order valence-electron chi connectivity index (χ2n) is 4.13. The van der Waals surface area contributed by atoms with Crippen LogP contribution in [0.5, 0.6) is 5.75 Å². The predicted octanol–water partition coefficient (Wildman–Crippen LogP) is 2.31. The van der Waals surface area contributed by atoms with E-state index in [0.717, 1.165) is 11.6 Å². The maximum atomic E-state index is 13.0. The SMILES string of the molecule is COc1ccc(CNS(=O)(=O)c2cccc(F)c2)cc1. The molecule has 0 bridgehead atoms. The lowest BCUT2D eigenvalue weighted by Gasteiger charge is -2.07. The van der Waals surface area contributed by atoms with Gasteiger partial charge in [0.1, 0.15) is 11.6 Å². The topological polar surface area (TPSA) is 55.4 Å². The summed E-state index contributed by atoms with van der Waals surface area (Å²) in [6.45, 7) is 0.128. The van der Waals surface area contributed by atoms with Crippen LogP contribution in [-0.4, -0.2) is 15.5 Å². The van der Waals surface area contributed by atoms with Crippen molar-refractivity contribution in [3.8, 4) is 5.75 Å². The van der Waals surface area contributed by atoms with Crippen LogP contribution in [0.4, 0.5) is 4.39 Å². The van der Waals surface area contributed by atoms with Gasteiger partial charge in [-0.05, 0) is 35.9 Å². The van der Waals surface area contributed by atoms with Gasteiger partial charge >= 0.3 is 0 Å². The highest BCUT2D eigenvalue weighted by Gasteiger charge is 2.14. The Morgan fingerprint density at radius 1 is 1.15 bits per heavy atom. The Bertz CT molecular complexity index is 684. The first-order valence-corrected chi connectivity index (χ1v) is 7.38. The van der Waals surface area contributed by atoms with Gasteiger partial charge < -0.3 is 4.74 Å². The minimum Gasteiger partial charge on any atom is -0.497 e. The highest BCUT2D eigenvalue weighted by atomic mass is 32.2. The van der Waals surface area contributed by atoms with Crippen LogP contribution in [0.3, 0.4) is 0 Å². The van der Waals surface area contributed by atoms with Gasteiger partial charge in [0.05, 0.1) is 12.0 Å². The molecule has 2 aromatic carbocycles. The molecule has 0 heterocycles. The third-order valence-electron chi connectivity index (χ3n) is 2.73. The molecule has 4 nitrogen and oxygen atoms in total. The normalized spacial score (nSPS) is 11.3. The summed E-state index contributed by atoms with van der Waals surface area (Å²) < 4.78 is 44.4. The van der Waals surface area contributed by atoms with Crippen molar-refractivity contribution < 1.29 is 17.5 Å². The second-order valence-corrected chi connectivity index (χ2v) is 5.90. The van der Waals surface area contributed by atoms with Crippen LogP contribution < -0.4 is 9.46 Å². The van der Waals surface area contributed by atoms with Crippen LogP contribution >= 0.6 is 0 Å². The van der Waals surface area contributed by atoms with E-state index >= 15 is 0 Å². The molecule has 0 radical (unpaired) electrons. The largest absolute Gasteiger partial charge is 0.497 e. The molecule has 0 fully saturated rings. The molecule has 0 amide bonds. The van der Waals surface area contributed by atoms with Gasteiger partial charge in [0.2, 0.25) is 10.0 Å². The lowest BCUT2D eigenvalue weighted by Crippen LogP contribution is -2.23. The van der Waals surface area contributed by atoms with Crippen molar-refractivity contribution >= 4 is 10.0 Å². The molecule has 6 heteroatoms. The molecule has 20 heavy (non-hydrogen) atoms. The van der Waals surface area contributed by atoms with Gasteiger partial charge in [-0.3, -0.25) is 0 Å². The van der Waals surface area contributed by atoms with E-state index in [9.17, 15) is 12.8 Å². The molecule has 0 saturated heterocycles. The molecular formula is C14H14FNO3S. The zero-order chi connectivity index (χ0) is 14.6. The summed E-state index contributed by atoms with van der Waals surface area (Å²) >= 11 is 0. The van der Waals surface area contributed by atoms with E-state index in [2.05, 4.69) is 4.72 Å². The summed E-state index contributed by atoms with van der Waals surface area (Å²) in [6, 6.07) is 11.9. The fraction of sp³-hybridized carbons (Fsp3) is 0.143. The molecular weight excluding hydrogens is 281 g/mol. The summed E-state index contributed by atoms with van der Waals surface area (Å²) in [5, 5.41) is 0. The summed E-state index contributed by atoms with van der Waals surface area (Å²) in [4.78, 5) is -0.0917. The van der Waals surface area contributed by atoms with E-state index in [4.69, 9.17) is 4.74 Å². The smallest absolute Gasteiger partial charge is 0.240 e. The van der Waals surface area contributed by atoms with Crippen LogP contribution in [0.15, 0.2) is 53.4 Å². The van der Waals surface area contributed by atoms with E-state index in [1.165, 1.54) is 18.2 Å². The first-order valence-electron chi connectivity index (χ1n) is 5.89. The molecule has 2 rings (SSSR count). The number of hydrogen-bond donors (Lipinski definition) is 1. The van der Waals surface area contributed by atoms with Crippen molar-refractivity contribution in [2.45, 2.75) is 11.4 Å². The van der Waals surface area contributed by atoms with E-state index in [0.29, 0.717) is 5.75 Å². The lowest BCUT2D eigenvalue weighted by atomic mass is 10.2. The summed E-state index contributed by atoms with van der Waals surface area (Å²) in [5.41, 5.74) is 0.783. The van der Waals surface area contributed by atoms with E-state index in [-0.39, 0.29) is 11.4 Å². The minimum atomic E-state index is -3.72. The van der Waals surface area contributed by atoms with Gasteiger partial charge in [-0.1, -0.05) is 18.2 Å². The van der Waals surface area contributed by atoms with Crippen LogP contribution in [-0.2, 0) is 16.6 Å². The number of nitrogens with one attached hydrogen (secondary N) is 1. The number of sulfonamides is 1. The zero-order valence-electron chi connectivity index (χ0n) is 10.8. The Morgan fingerprint density at radius 2 is 1.85 bits per heavy atom. The van der Waals surface area contributed by atoms with Gasteiger partial charge in [0.15, 0.2) is 0 Å². The third-order valence-corrected chi connectivity index (χ3v) is 4.13. The molecule has 0 unspecified atom stereocenters. The predicted molar refractivity (Wildman–Crippen MR) is 73.4 cm³/mol. The summed E-state index contributed by atoms with van der Waals surface area (Å²) in [7, 11) is -2.16. The van der Waals surface area contributed by atoms with Crippen molar-refractivity contribution in [2.75, 3.05) is 7.11 Å². The Kier molecular flexibility index (Phi) is 4.36. The number of methoxy groups -OCH3 is 1. The summed E-state index contributed by atoms with van der Waals surface area (Å²) in [6.07, 6.45) is 0. The Balaban J connectivity index is 2.09. The van der Waals surface area contributed by atoms with Crippen molar-refractivity contribution in [3.05, 3.63) is 59.9 Å². The third kappa shape index (κ3) is 3.55. The van der Waals surface area contributed by atoms with Gasteiger partial charge in [0.25, 0.3) is 0 Å². The monoisotopic (exact) mass is 295 g/mol. The fourth-order valence-corrected chi connectivity index (χ4v) is 2.69. The van der Waals surface area contributed by atoms with Crippen molar-refractivity contribution in [3.63, 3.8) is 0 Å². The molecule has 0 aromatic heterocycles. The number of hydrogen-bond acceptors (Lipinski definition) is 3. The van der Waals surface area contributed by atoms with E-state index in [1.54, 1.807) is 31.4 Å². The number of ether oxygens (including phenoxy) is 1. The van der Waals surface area contributed by atoms with Crippen LogP contribution in [0, 0.1) is 5.82 Å².